The molecule has 0 aliphatic carbocycles. The average molecular weight is 372 g/mol. The molecule has 1 amide bonds. The first kappa shape index (κ1) is 15.7. The van der Waals surface area contributed by atoms with Gasteiger partial charge in [-0.2, -0.15) is 5.10 Å². The number of hydrogen-bond acceptors (Lipinski definition) is 3. The smallest absolute Gasteiger partial charge is 0.271 e. The van der Waals surface area contributed by atoms with Crippen molar-refractivity contribution in [1.29, 1.82) is 0 Å². The molecule has 1 heterocycles. The summed E-state index contributed by atoms with van der Waals surface area (Å²) in [4.78, 5) is 14.4. The Kier molecular flexibility index (Phi) is 5.08. The van der Waals surface area contributed by atoms with E-state index >= 15 is 0 Å². The minimum absolute atomic E-state index is 0.202. The molecule has 0 bridgehead atoms. The van der Waals surface area contributed by atoms with Gasteiger partial charge in [-0.3, -0.25) is 4.79 Å². The fourth-order valence-corrected chi connectivity index (χ4v) is 2.84. The Hall–Kier alpha value is -2.14. The molecule has 0 unspecified atom stereocenters. The highest BCUT2D eigenvalue weighted by Crippen LogP contribution is 2.20. The number of hydrazone groups is 1. The summed E-state index contributed by atoms with van der Waals surface area (Å²) in [6.45, 7) is 2.20. The zero-order valence-corrected chi connectivity index (χ0v) is 14.3. The molecule has 1 saturated heterocycles. The van der Waals surface area contributed by atoms with E-state index < -0.39 is 0 Å². The molecule has 0 saturated carbocycles. The SMILES string of the molecule is O=C(N/N=C\c1ccc(Br)cc1)c1ccc(N2CCCC2)cc1. The standard InChI is InChI=1S/C18H18BrN3O/c19-16-7-3-14(4-8-16)13-20-21-18(23)15-5-9-17(10-6-15)22-11-1-2-12-22/h3-10,13H,1-2,11-12H2,(H,21,23)/b20-13-. The molecule has 1 aliphatic heterocycles. The molecule has 0 spiro atoms. The Labute approximate surface area is 144 Å². The Balaban J connectivity index is 1.58. The van der Waals surface area contributed by atoms with Gasteiger partial charge >= 0.3 is 0 Å². The van der Waals surface area contributed by atoms with Crippen LogP contribution in [0.2, 0.25) is 0 Å². The Morgan fingerprint density at radius 1 is 1.04 bits per heavy atom. The summed E-state index contributed by atoms with van der Waals surface area (Å²) >= 11 is 3.38. The third-order valence-electron chi connectivity index (χ3n) is 3.85. The number of nitrogens with zero attached hydrogens (tertiary/aromatic N) is 2. The highest BCUT2D eigenvalue weighted by molar-refractivity contribution is 9.10. The maximum atomic E-state index is 12.1. The van der Waals surface area contributed by atoms with Gasteiger partial charge in [0.15, 0.2) is 0 Å². The van der Waals surface area contributed by atoms with Gasteiger partial charge in [0, 0.05) is 28.8 Å². The quantitative estimate of drug-likeness (QED) is 0.655. The van der Waals surface area contributed by atoms with Crippen LogP contribution in [0.15, 0.2) is 58.1 Å². The first-order valence-corrected chi connectivity index (χ1v) is 8.46. The maximum Gasteiger partial charge on any atom is 0.271 e. The zero-order valence-electron chi connectivity index (χ0n) is 12.7. The summed E-state index contributed by atoms with van der Waals surface area (Å²) in [7, 11) is 0. The summed E-state index contributed by atoms with van der Waals surface area (Å²) in [6, 6.07) is 15.4. The van der Waals surface area contributed by atoms with Gasteiger partial charge in [0.05, 0.1) is 6.21 Å². The van der Waals surface area contributed by atoms with Crippen LogP contribution in [0, 0.1) is 0 Å². The second-order valence-electron chi connectivity index (χ2n) is 5.49. The van der Waals surface area contributed by atoms with E-state index in [0.717, 1.165) is 23.1 Å². The maximum absolute atomic E-state index is 12.1. The van der Waals surface area contributed by atoms with Crippen molar-refractivity contribution in [3.05, 3.63) is 64.1 Å². The number of hydrogen-bond donors (Lipinski definition) is 1. The number of halogens is 1. The molecule has 1 aliphatic rings. The van der Waals surface area contributed by atoms with Gasteiger partial charge in [0.2, 0.25) is 0 Å². The van der Waals surface area contributed by atoms with Gasteiger partial charge in [-0.1, -0.05) is 28.1 Å². The van der Waals surface area contributed by atoms with E-state index in [9.17, 15) is 4.79 Å². The number of anilines is 1. The van der Waals surface area contributed by atoms with Crippen LogP contribution in [0.5, 0.6) is 0 Å². The molecule has 3 rings (SSSR count). The van der Waals surface area contributed by atoms with Crippen molar-refractivity contribution >= 4 is 33.7 Å². The van der Waals surface area contributed by atoms with Gasteiger partial charge in [-0.25, -0.2) is 5.43 Å². The molecule has 2 aromatic rings. The fourth-order valence-electron chi connectivity index (χ4n) is 2.58. The van der Waals surface area contributed by atoms with Crippen molar-refractivity contribution in [2.75, 3.05) is 18.0 Å². The first-order valence-electron chi connectivity index (χ1n) is 7.66. The lowest BCUT2D eigenvalue weighted by Gasteiger charge is -2.17. The van der Waals surface area contributed by atoms with Crippen LogP contribution < -0.4 is 10.3 Å². The van der Waals surface area contributed by atoms with Crippen LogP contribution in [0.25, 0.3) is 0 Å². The predicted molar refractivity (Wildman–Crippen MR) is 97.1 cm³/mol. The zero-order chi connectivity index (χ0) is 16.1. The molecule has 23 heavy (non-hydrogen) atoms. The number of carbonyl (C=O) groups excluding carboxylic acids is 1. The molecule has 4 nitrogen and oxygen atoms in total. The molecular formula is C18H18BrN3O. The highest BCUT2D eigenvalue weighted by Gasteiger charge is 2.12. The van der Waals surface area contributed by atoms with Crippen LogP contribution in [0.1, 0.15) is 28.8 Å². The second kappa shape index (κ2) is 7.42. The molecule has 1 fully saturated rings. The molecule has 118 valence electrons. The molecule has 5 heteroatoms. The van der Waals surface area contributed by atoms with Crippen LogP contribution in [0.4, 0.5) is 5.69 Å². The Morgan fingerprint density at radius 3 is 2.35 bits per heavy atom. The van der Waals surface area contributed by atoms with E-state index in [2.05, 4.69) is 31.4 Å². The first-order chi connectivity index (χ1) is 11.2. The largest absolute Gasteiger partial charge is 0.372 e. The third kappa shape index (κ3) is 4.20. The van der Waals surface area contributed by atoms with Crippen molar-refractivity contribution in [2.45, 2.75) is 12.8 Å². The second-order valence-corrected chi connectivity index (χ2v) is 6.41. The van der Waals surface area contributed by atoms with Gasteiger partial charge in [0.25, 0.3) is 5.91 Å². The summed E-state index contributed by atoms with van der Waals surface area (Å²) in [5.41, 5.74) is 5.27. The molecular weight excluding hydrogens is 354 g/mol. The van der Waals surface area contributed by atoms with E-state index in [1.807, 2.05) is 48.5 Å². The van der Waals surface area contributed by atoms with Crippen LogP contribution >= 0.6 is 15.9 Å². The molecule has 0 radical (unpaired) electrons. The lowest BCUT2D eigenvalue weighted by atomic mass is 10.2. The van der Waals surface area contributed by atoms with Crippen molar-refractivity contribution in [2.24, 2.45) is 5.10 Å². The summed E-state index contributed by atoms with van der Waals surface area (Å²) < 4.78 is 1.01. The van der Waals surface area contributed by atoms with E-state index in [-0.39, 0.29) is 5.91 Å². The topological polar surface area (TPSA) is 44.7 Å². The van der Waals surface area contributed by atoms with E-state index in [1.54, 1.807) is 6.21 Å². The lowest BCUT2D eigenvalue weighted by Crippen LogP contribution is -2.19. The molecule has 0 atom stereocenters. The van der Waals surface area contributed by atoms with E-state index in [4.69, 9.17) is 0 Å². The Bertz CT molecular complexity index is 689. The number of amides is 1. The number of nitrogens with one attached hydrogen (secondary N) is 1. The molecule has 1 N–H and O–H groups in total. The van der Waals surface area contributed by atoms with Crippen LogP contribution in [0.3, 0.4) is 0 Å². The van der Waals surface area contributed by atoms with Crippen molar-refractivity contribution in [1.82, 2.24) is 5.43 Å². The average Bonchev–Trinajstić information content (AvgIpc) is 3.11. The monoisotopic (exact) mass is 371 g/mol. The van der Waals surface area contributed by atoms with Gasteiger partial charge in [-0.15, -0.1) is 0 Å². The highest BCUT2D eigenvalue weighted by atomic mass is 79.9. The van der Waals surface area contributed by atoms with Crippen LogP contribution in [-0.4, -0.2) is 25.2 Å². The number of rotatable bonds is 4. The summed E-state index contributed by atoms with van der Waals surface area (Å²) in [5, 5.41) is 4.00. The molecule has 0 aromatic heterocycles. The minimum atomic E-state index is -0.202. The van der Waals surface area contributed by atoms with E-state index in [1.165, 1.54) is 18.5 Å². The van der Waals surface area contributed by atoms with Crippen molar-refractivity contribution in [3.63, 3.8) is 0 Å². The van der Waals surface area contributed by atoms with Gasteiger partial charge < -0.3 is 4.90 Å². The Morgan fingerprint density at radius 2 is 1.70 bits per heavy atom. The van der Waals surface area contributed by atoms with Crippen molar-refractivity contribution < 1.29 is 4.79 Å². The lowest BCUT2D eigenvalue weighted by molar-refractivity contribution is 0.0955. The van der Waals surface area contributed by atoms with Gasteiger partial charge in [0.1, 0.15) is 0 Å². The van der Waals surface area contributed by atoms with E-state index in [0.29, 0.717) is 5.56 Å². The fraction of sp³-hybridized carbons (Fsp3) is 0.222. The van der Waals surface area contributed by atoms with Gasteiger partial charge in [-0.05, 0) is 54.8 Å². The normalized spacial score (nSPS) is 14.4. The van der Waals surface area contributed by atoms with Crippen LogP contribution in [-0.2, 0) is 0 Å². The number of benzene rings is 2. The number of carbonyl (C=O) groups is 1. The minimum Gasteiger partial charge on any atom is -0.372 e. The third-order valence-corrected chi connectivity index (χ3v) is 4.38. The van der Waals surface area contributed by atoms with Crippen molar-refractivity contribution in [3.8, 4) is 0 Å². The summed E-state index contributed by atoms with van der Waals surface area (Å²) in [6.07, 6.45) is 4.11. The predicted octanol–water partition coefficient (Wildman–Crippen LogP) is 3.81. The molecule has 2 aromatic carbocycles. The summed E-state index contributed by atoms with van der Waals surface area (Å²) in [5.74, 6) is -0.202.